The molecule has 1 aromatic heterocycles. The van der Waals surface area contributed by atoms with E-state index in [0.717, 1.165) is 73.3 Å². The van der Waals surface area contributed by atoms with Gasteiger partial charge in [-0.05, 0) is 75.2 Å². The first kappa shape index (κ1) is 22.6. The van der Waals surface area contributed by atoms with Crippen LogP contribution in [0.2, 0.25) is 0 Å². The maximum absolute atomic E-state index is 13.5. The number of unbranched alkanes of at least 4 members (excludes halogenated alkanes) is 1. The Morgan fingerprint density at radius 2 is 2.00 bits per heavy atom. The molecule has 4 rings (SSSR count). The van der Waals surface area contributed by atoms with E-state index in [9.17, 15) is 9.18 Å². The summed E-state index contributed by atoms with van der Waals surface area (Å²) < 4.78 is 14.5. The molecule has 2 amide bonds. The SMILES string of the molecule is Cc1cccc(NC(=O)NCCCCN2CCCN(c3csc4cc(F)ccc34)CC2)c1. The highest BCUT2D eigenvalue weighted by Gasteiger charge is 2.17. The van der Waals surface area contributed by atoms with Gasteiger partial charge in [0.15, 0.2) is 0 Å². The Balaban J connectivity index is 1.17. The number of nitrogens with one attached hydrogen (secondary N) is 2. The number of halogens is 1. The van der Waals surface area contributed by atoms with E-state index in [4.69, 9.17) is 0 Å². The molecule has 5 nitrogen and oxygen atoms in total. The second-order valence-electron chi connectivity index (χ2n) is 8.40. The molecule has 1 aliphatic heterocycles. The fourth-order valence-electron chi connectivity index (χ4n) is 4.23. The predicted molar refractivity (Wildman–Crippen MR) is 132 cm³/mol. The number of fused-ring (bicyclic) bond motifs is 1. The molecule has 170 valence electrons. The summed E-state index contributed by atoms with van der Waals surface area (Å²) in [5.41, 5.74) is 3.18. The summed E-state index contributed by atoms with van der Waals surface area (Å²) >= 11 is 1.62. The smallest absolute Gasteiger partial charge is 0.319 e. The molecule has 2 aromatic carbocycles. The number of carbonyl (C=O) groups excluding carboxylic acids is 1. The van der Waals surface area contributed by atoms with Gasteiger partial charge in [0.2, 0.25) is 0 Å². The lowest BCUT2D eigenvalue weighted by Gasteiger charge is -2.23. The van der Waals surface area contributed by atoms with Gasteiger partial charge in [-0.3, -0.25) is 0 Å². The fraction of sp³-hybridized carbons (Fsp3) is 0.400. The molecule has 1 aliphatic rings. The summed E-state index contributed by atoms with van der Waals surface area (Å²) in [4.78, 5) is 17.0. The molecule has 0 atom stereocenters. The highest BCUT2D eigenvalue weighted by atomic mass is 32.1. The molecule has 32 heavy (non-hydrogen) atoms. The van der Waals surface area contributed by atoms with Gasteiger partial charge in [-0.15, -0.1) is 11.3 Å². The van der Waals surface area contributed by atoms with Crippen LogP contribution in [0.1, 0.15) is 24.8 Å². The van der Waals surface area contributed by atoms with E-state index < -0.39 is 0 Å². The topological polar surface area (TPSA) is 47.6 Å². The molecule has 2 heterocycles. The van der Waals surface area contributed by atoms with Gasteiger partial charge in [0.05, 0.1) is 5.69 Å². The fourth-order valence-corrected chi connectivity index (χ4v) is 5.22. The first-order valence-electron chi connectivity index (χ1n) is 11.3. The molecule has 0 spiro atoms. The molecule has 3 aromatic rings. The normalized spacial score (nSPS) is 15.0. The number of rotatable bonds is 7. The highest BCUT2D eigenvalue weighted by molar-refractivity contribution is 7.17. The number of amides is 2. The number of hydrogen-bond acceptors (Lipinski definition) is 4. The number of nitrogens with zero attached hydrogens (tertiary/aromatic N) is 2. The van der Waals surface area contributed by atoms with Crippen molar-refractivity contribution >= 4 is 38.8 Å². The minimum absolute atomic E-state index is 0.149. The Morgan fingerprint density at radius 3 is 2.88 bits per heavy atom. The van der Waals surface area contributed by atoms with E-state index in [0.29, 0.717) is 6.54 Å². The first-order valence-corrected chi connectivity index (χ1v) is 12.2. The number of urea groups is 1. The van der Waals surface area contributed by atoms with Crippen LogP contribution in [0.3, 0.4) is 0 Å². The van der Waals surface area contributed by atoms with Crippen molar-refractivity contribution in [3.05, 3.63) is 59.2 Å². The summed E-state index contributed by atoms with van der Waals surface area (Å²) in [7, 11) is 0. The van der Waals surface area contributed by atoms with E-state index in [2.05, 4.69) is 25.8 Å². The first-order chi connectivity index (χ1) is 15.6. The largest absolute Gasteiger partial charge is 0.369 e. The van der Waals surface area contributed by atoms with Gasteiger partial charge in [0.25, 0.3) is 0 Å². The van der Waals surface area contributed by atoms with Crippen LogP contribution >= 0.6 is 11.3 Å². The van der Waals surface area contributed by atoms with Gasteiger partial charge in [0.1, 0.15) is 5.82 Å². The highest BCUT2D eigenvalue weighted by Crippen LogP contribution is 2.34. The number of aryl methyl sites for hydroxylation is 1. The standard InChI is InChI=1S/C25H31FN4OS/c1-19-6-4-7-21(16-19)28-25(31)27-10-2-3-11-29-12-5-13-30(15-14-29)23-18-32-24-17-20(26)8-9-22(23)24/h4,6-9,16-18H,2-3,5,10-15H2,1H3,(H2,27,28,31). The van der Waals surface area contributed by atoms with Crippen molar-refractivity contribution in [1.82, 2.24) is 10.2 Å². The number of carbonyl (C=O) groups is 1. The van der Waals surface area contributed by atoms with Gasteiger partial charge in [-0.2, -0.15) is 0 Å². The molecule has 1 fully saturated rings. The van der Waals surface area contributed by atoms with Gasteiger partial charge in [0, 0.05) is 47.3 Å². The van der Waals surface area contributed by atoms with Crippen molar-refractivity contribution in [3.8, 4) is 0 Å². The third-order valence-electron chi connectivity index (χ3n) is 5.91. The molecule has 2 N–H and O–H groups in total. The average Bonchev–Trinajstić information content (AvgIpc) is 3.03. The van der Waals surface area contributed by atoms with Gasteiger partial charge >= 0.3 is 6.03 Å². The zero-order chi connectivity index (χ0) is 22.3. The Kier molecular flexibility index (Phi) is 7.60. The lowest BCUT2D eigenvalue weighted by Crippen LogP contribution is -2.32. The van der Waals surface area contributed by atoms with Crippen LogP contribution in [0.25, 0.3) is 10.1 Å². The Hall–Kier alpha value is -2.64. The molecule has 0 radical (unpaired) electrons. The molecule has 0 aliphatic carbocycles. The van der Waals surface area contributed by atoms with Crippen LogP contribution in [-0.4, -0.2) is 50.2 Å². The molecule has 0 bridgehead atoms. The monoisotopic (exact) mass is 454 g/mol. The number of thiophene rings is 1. The summed E-state index contributed by atoms with van der Waals surface area (Å²) in [6.45, 7) is 7.86. The van der Waals surface area contributed by atoms with E-state index >= 15 is 0 Å². The second-order valence-corrected chi connectivity index (χ2v) is 9.31. The molecule has 0 unspecified atom stereocenters. The van der Waals surface area contributed by atoms with E-state index in [1.807, 2.05) is 37.3 Å². The Bertz CT molecular complexity index is 1050. The Labute approximate surface area is 193 Å². The van der Waals surface area contributed by atoms with Crippen molar-refractivity contribution < 1.29 is 9.18 Å². The molecule has 7 heteroatoms. The molecule has 0 saturated carbocycles. The van der Waals surface area contributed by atoms with Crippen LogP contribution in [0.4, 0.5) is 20.6 Å². The number of benzene rings is 2. The number of anilines is 2. The molecular formula is C25H31FN4OS. The third kappa shape index (κ3) is 5.99. The summed E-state index contributed by atoms with van der Waals surface area (Å²) in [6.07, 6.45) is 3.14. The van der Waals surface area contributed by atoms with Crippen LogP contribution in [0.5, 0.6) is 0 Å². The summed E-state index contributed by atoms with van der Waals surface area (Å²) in [5.74, 6) is -0.171. The van der Waals surface area contributed by atoms with Crippen molar-refractivity contribution in [2.75, 3.05) is 49.5 Å². The van der Waals surface area contributed by atoms with Crippen LogP contribution in [0.15, 0.2) is 47.8 Å². The summed E-state index contributed by atoms with van der Waals surface area (Å²) in [5, 5.41) is 9.14. The second kappa shape index (κ2) is 10.8. The van der Waals surface area contributed by atoms with Crippen molar-refractivity contribution in [2.24, 2.45) is 0 Å². The lowest BCUT2D eigenvalue weighted by molar-refractivity contribution is 0.251. The quantitative estimate of drug-likeness (QED) is 0.466. The maximum atomic E-state index is 13.5. The third-order valence-corrected chi connectivity index (χ3v) is 6.84. The lowest BCUT2D eigenvalue weighted by atomic mass is 10.2. The predicted octanol–water partition coefficient (Wildman–Crippen LogP) is 5.46. The number of hydrogen-bond donors (Lipinski definition) is 2. The van der Waals surface area contributed by atoms with Crippen LogP contribution in [0, 0.1) is 12.7 Å². The molecule has 1 saturated heterocycles. The van der Waals surface area contributed by atoms with E-state index in [1.165, 1.54) is 5.69 Å². The van der Waals surface area contributed by atoms with Crippen molar-refractivity contribution in [1.29, 1.82) is 0 Å². The molecular weight excluding hydrogens is 423 g/mol. The maximum Gasteiger partial charge on any atom is 0.319 e. The zero-order valence-electron chi connectivity index (χ0n) is 18.6. The summed E-state index contributed by atoms with van der Waals surface area (Å²) in [6, 6.07) is 12.7. The van der Waals surface area contributed by atoms with Crippen LogP contribution < -0.4 is 15.5 Å². The average molecular weight is 455 g/mol. The van der Waals surface area contributed by atoms with Gasteiger partial charge in [-0.25, -0.2) is 9.18 Å². The van der Waals surface area contributed by atoms with E-state index in [-0.39, 0.29) is 11.8 Å². The minimum Gasteiger partial charge on any atom is -0.369 e. The van der Waals surface area contributed by atoms with Gasteiger partial charge < -0.3 is 20.4 Å². The van der Waals surface area contributed by atoms with Crippen molar-refractivity contribution in [2.45, 2.75) is 26.2 Å². The Morgan fingerprint density at radius 1 is 1.09 bits per heavy atom. The van der Waals surface area contributed by atoms with Crippen LogP contribution in [-0.2, 0) is 0 Å². The van der Waals surface area contributed by atoms with Gasteiger partial charge in [-0.1, -0.05) is 12.1 Å². The minimum atomic E-state index is -0.171. The zero-order valence-corrected chi connectivity index (χ0v) is 19.4. The van der Waals surface area contributed by atoms with E-state index in [1.54, 1.807) is 23.5 Å². The van der Waals surface area contributed by atoms with Crippen molar-refractivity contribution in [3.63, 3.8) is 0 Å².